The Bertz CT molecular complexity index is 724. The van der Waals surface area contributed by atoms with Crippen molar-refractivity contribution in [3.8, 4) is 11.5 Å². The first-order chi connectivity index (χ1) is 12.2. The zero-order valence-electron chi connectivity index (χ0n) is 14.8. The molecule has 1 amide bonds. The molecule has 1 aliphatic rings. The van der Waals surface area contributed by atoms with E-state index in [4.69, 9.17) is 9.47 Å². The summed E-state index contributed by atoms with van der Waals surface area (Å²) in [7, 11) is 0. The Hall–Kier alpha value is -2.53. The number of ether oxygens (including phenoxy) is 2. The Balaban J connectivity index is 1.55. The summed E-state index contributed by atoms with van der Waals surface area (Å²) in [5.41, 5.74) is 2.99. The summed E-state index contributed by atoms with van der Waals surface area (Å²) in [5.74, 6) is 1.19. The van der Waals surface area contributed by atoms with Gasteiger partial charge in [-0.3, -0.25) is 4.79 Å². The van der Waals surface area contributed by atoms with Crippen LogP contribution in [0, 0.1) is 0 Å². The van der Waals surface area contributed by atoms with Gasteiger partial charge in [-0.1, -0.05) is 24.3 Å². The number of fused-ring (bicyclic) bond motifs is 1. The van der Waals surface area contributed by atoms with Crippen molar-refractivity contribution in [2.45, 2.75) is 26.9 Å². The number of carbonyl (C=O) groups is 1. The van der Waals surface area contributed by atoms with Gasteiger partial charge in [-0.2, -0.15) is 0 Å². The van der Waals surface area contributed by atoms with Crippen LogP contribution in [0.1, 0.15) is 35.3 Å². The third-order valence-electron chi connectivity index (χ3n) is 4.56. The summed E-state index contributed by atoms with van der Waals surface area (Å²) in [6.07, 6.45) is 0. The molecule has 0 atom stereocenters. The molecule has 5 nitrogen and oxygen atoms in total. The zero-order chi connectivity index (χ0) is 17.6. The van der Waals surface area contributed by atoms with E-state index in [1.807, 2.05) is 0 Å². The second kappa shape index (κ2) is 8.03. The number of benzene rings is 2. The third-order valence-corrected chi connectivity index (χ3v) is 4.56. The van der Waals surface area contributed by atoms with Crippen LogP contribution in [0.2, 0.25) is 0 Å². The van der Waals surface area contributed by atoms with Gasteiger partial charge in [0.2, 0.25) is 6.79 Å². The maximum atomic E-state index is 12.3. The van der Waals surface area contributed by atoms with Gasteiger partial charge in [0.25, 0.3) is 5.91 Å². The van der Waals surface area contributed by atoms with Crippen LogP contribution >= 0.6 is 0 Å². The molecule has 0 aromatic heterocycles. The molecule has 0 fully saturated rings. The lowest BCUT2D eigenvalue weighted by atomic mass is 10.1. The molecule has 2 N–H and O–H groups in total. The molecule has 0 saturated carbocycles. The zero-order valence-corrected chi connectivity index (χ0v) is 14.8. The van der Waals surface area contributed by atoms with Crippen molar-refractivity contribution in [2.24, 2.45) is 0 Å². The molecule has 0 aliphatic carbocycles. The highest BCUT2D eigenvalue weighted by molar-refractivity contribution is 5.94. The molecule has 5 heteroatoms. The van der Waals surface area contributed by atoms with E-state index in [1.165, 1.54) is 5.56 Å². The smallest absolute Gasteiger partial charge is 0.251 e. The fraction of sp³-hybridized carbons (Fsp3) is 0.350. The first kappa shape index (κ1) is 17.3. The van der Waals surface area contributed by atoms with Crippen LogP contribution in [0.4, 0.5) is 0 Å². The van der Waals surface area contributed by atoms with Crippen LogP contribution < -0.4 is 19.7 Å². The maximum Gasteiger partial charge on any atom is 0.251 e. The first-order valence-corrected chi connectivity index (χ1v) is 8.78. The van der Waals surface area contributed by atoms with E-state index in [0.29, 0.717) is 23.6 Å². The fourth-order valence-corrected chi connectivity index (χ4v) is 2.89. The van der Waals surface area contributed by atoms with E-state index in [1.54, 1.807) is 23.1 Å². The molecule has 25 heavy (non-hydrogen) atoms. The van der Waals surface area contributed by atoms with Gasteiger partial charge in [0.15, 0.2) is 11.5 Å². The van der Waals surface area contributed by atoms with Crippen molar-refractivity contribution in [1.29, 1.82) is 0 Å². The Morgan fingerprint density at radius 1 is 1.00 bits per heavy atom. The van der Waals surface area contributed by atoms with Crippen molar-refractivity contribution >= 4 is 5.91 Å². The van der Waals surface area contributed by atoms with Crippen LogP contribution in [0.15, 0.2) is 42.5 Å². The maximum absolute atomic E-state index is 12.3. The highest BCUT2D eigenvalue weighted by Crippen LogP contribution is 2.32. The minimum absolute atomic E-state index is 0.116. The predicted octanol–water partition coefficient (Wildman–Crippen LogP) is 1.77. The second-order valence-electron chi connectivity index (χ2n) is 6.20. The average Bonchev–Trinajstić information content (AvgIpc) is 3.12. The Morgan fingerprint density at radius 2 is 1.68 bits per heavy atom. The third kappa shape index (κ3) is 4.31. The van der Waals surface area contributed by atoms with Gasteiger partial charge >= 0.3 is 0 Å². The van der Waals surface area contributed by atoms with Crippen LogP contribution in [-0.4, -0.2) is 25.8 Å². The molecule has 0 bridgehead atoms. The minimum Gasteiger partial charge on any atom is -0.454 e. The highest BCUT2D eigenvalue weighted by Gasteiger charge is 2.16. The molecular weight excluding hydrogens is 316 g/mol. The SMILES string of the molecule is CC[NH+](CC)Cc1ccc(CNC(=O)c2ccc3c(c2)OCO3)cc1. The van der Waals surface area contributed by atoms with E-state index in [-0.39, 0.29) is 12.7 Å². The number of carbonyl (C=O) groups excluding carboxylic acids is 1. The number of amides is 1. The molecule has 0 spiro atoms. The van der Waals surface area contributed by atoms with E-state index < -0.39 is 0 Å². The van der Waals surface area contributed by atoms with Crippen molar-refractivity contribution < 1.29 is 19.2 Å². The number of nitrogens with one attached hydrogen (secondary N) is 2. The van der Waals surface area contributed by atoms with Crippen molar-refractivity contribution in [1.82, 2.24) is 5.32 Å². The lowest BCUT2D eigenvalue weighted by Crippen LogP contribution is -3.10. The normalized spacial score (nSPS) is 12.4. The summed E-state index contributed by atoms with van der Waals surface area (Å²) in [5, 5.41) is 2.95. The van der Waals surface area contributed by atoms with Gasteiger partial charge in [0.1, 0.15) is 6.54 Å². The van der Waals surface area contributed by atoms with Gasteiger partial charge in [-0.05, 0) is 37.6 Å². The molecule has 132 valence electrons. The largest absolute Gasteiger partial charge is 0.454 e. The Morgan fingerprint density at radius 3 is 2.40 bits per heavy atom. The lowest BCUT2D eigenvalue weighted by molar-refractivity contribution is -0.910. The van der Waals surface area contributed by atoms with Crippen molar-refractivity contribution in [2.75, 3.05) is 19.9 Å². The van der Waals surface area contributed by atoms with Crippen LogP contribution in [-0.2, 0) is 13.1 Å². The second-order valence-corrected chi connectivity index (χ2v) is 6.20. The van der Waals surface area contributed by atoms with Gasteiger partial charge in [-0.15, -0.1) is 0 Å². The molecule has 3 rings (SSSR count). The van der Waals surface area contributed by atoms with Gasteiger partial charge in [-0.25, -0.2) is 0 Å². The number of hydrogen-bond donors (Lipinski definition) is 2. The van der Waals surface area contributed by atoms with Crippen LogP contribution in [0.5, 0.6) is 11.5 Å². The summed E-state index contributed by atoms with van der Waals surface area (Å²) in [6.45, 7) is 8.43. The molecule has 0 unspecified atom stereocenters. The quantitative estimate of drug-likeness (QED) is 0.807. The molecule has 2 aromatic rings. The molecule has 0 saturated heterocycles. The van der Waals surface area contributed by atoms with Gasteiger partial charge in [0.05, 0.1) is 13.1 Å². The Labute approximate surface area is 148 Å². The number of rotatable bonds is 7. The van der Waals surface area contributed by atoms with Crippen LogP contribution in [0.25, 0.3) is 0 Å². The minimum atomic E-state index is -0.116. The summed E-state index contributed by atoms with van der Waals surface area (Å²) in [4.78, 5) is 13.9. The summed E-state index contributed by atoms with van der Waals surface area (Å²) in [6, 6.07) is 13.7. The summed E-state index contributed by atoms with van der Waals surface area (Å²) < 4.78 is 10.6. The number of quaternary nitrogens is 1. The lowest BCUT2D eigenvalue weighted by Gasteiger charge is -2.15. The summed E-state index contributed by atoms with van der Waals surface area (Å²) >= 11 is 0. The van der Waals surface area contributed by atoms with Crippen molar-refractivity contribution in [3.63, 3.8) is 0 Å². The molecular formula is C20H25N2O3+. The predicted molar refractivity (Wildman–Crippen MR) is 95.9 cm³/mol. The van der Waals surface area contributed by atoms with E-state index >= 15 is 0 Å². The first-order valence-electron chi connectivity index (χ1n) is 8.78. The van der Waals surface area contributed by atoms with E-state index in [2.05, 4.69) is 43.4 Å². The molecule has 1 heterocycles. The van der Waals surface area contributed by atoms with Gasteiger partial charge < -0.3 is 19.7 Å². The molecule has 0 radical (unpaired) electrons. The van der Waals surface area contributed by atoms with Crippen LogP contribution in [0.3, 0.4) is 0 Å². The standard InChI is InChI=1S/C20H24N2O3/c1-3-22(4-2)13-16-7-5-15(6-8-16)12-21-20(23)17-9-10-18-19(11-17)25-14-24-18/h5-11H,3-4,12-14H2,1-2H3,(H,21,23)/p+1. The topological polar surface area (TPSA) is 52.0 Å². The average molecular weight is 341 g/mol. The van der Waals surface area contributed by atoms with E-state index in [9.17, 15) is 4.79 Å². The molecule has 2 aromatic carbocycles. The highest BCUT2D eigenvalue weighted by atomic mass is 16.7. The van der Waals surface area contributed by atoms with Gasteiger partial charge in [0, 0.05) is 17.7 Å². The van der Waals surface area contributed by atoms with E-state index in [0.717, 1.165) is 25.2 Å². The monoisotopic (exact) mass is 341 g/mol. The molecule has 1 aliphatic heterocycles. The van der Waals surface area contributed by atoms with Crippen molar-refractivity contribution in [3.05, 3.63) is 59.2 Å². The Kier molecular flexibility index (Phi) is 5.56. The number of hydrogen-bond acceptors (Lipinski definition) is 3. The fourth-order valence-electron chi connectivity index (χ4n) is 2.89.